The van der Waals surface area contributed by atoms with Crippen molar-refractivity contribution in [3.05, 3.63) is 70.2 Å². The number of hydrogen-bond donors (Lipinski definition) is 1. The van der Waals surface area contributed by atoms with Gasteiger partial charge in [0.15, 0.2) is 0 Å². The van der Waals surface area contributed by atoms with Gasteiger partial charge in [-0.05, 0) is 66.6 Å². The molecule has 6 heteroatoms. The number of hydrogen-bond acceptors (Lipinski definition) is 3. The fraction of sp³-hybridized carbons (Fsp3) is 0.364. The number of allylic oxidation sites excluding steroid dienone is 2. The van der Waals surface area contributed by atoms with Gasteiger partial charge in [-0.3, -0.25) is 0 Å². The Labute approximate surface area is 174 Å². The molecule has 1 saturated heterocycles. The summed E-state index contributed by atoms with van der Waals surface area (Å²) in [5, 5.41) is 3.69. The van der Waals surface area contributed by atoms with Crippen molar-refractivity contribution in [2.75, 3.05) is 18.4 Å². The Morgan fingerprint density at radius 3 is 2.54 bits per heavy atom. The van der Waals surface area contributed by atoms with E-state index in [2.05, 4.69) is 57.7 Å². The van der Waals surface area contributed by atoms with Crippen LogP contribution in [0.2, 0.25) is 0 Å². The normalized spacial score (nSPS) is 26.7. The molecule has 2 aromatic carbocycles. The molecule has 0 radical (unpaired) electrons. The minimum Gasteiger partial charge on any atom is -0.378 e. The summed E-state index contributed by atoms with van der Waals surface area (Å²) in [6, 6.07) is 14.3. The first-order valence-corrected chi connectivity index (χ1v) is 12.1. The molecule has 1 N–H and O–H groups in total. The van der Waals surface area contributed by atoms with Crippen LogP contribution in [0.1, 0.15) is 42.3 Å². The summed E-state index contributed by atoms with van der Waals surface area (Å²) in [7, 11) is -3.40. The zero-order valence-electron chi connectivity index (χ0n) is 15.5. The maximum Gasteiger partial charge on any atom is 0.243 e. The van der Waals surface area contributed by atoms with Gasteiger partial charge in [0, 0.05) is 29.2 Å². The van der Waals surface area contributed by atoms with E-state index in [-0.39, 0.29) is 12.0 Å². The molecular formula is C22H23BrN2O2S. The molecule has 146 valence electrons. The number of fused-ring (bicyclic) bond motifs is 3. The Hall–Kier alpha value is -1.63. The maximum atomic E-state index is 13.0. The van der Waals surface area contributed by atoms with E-state index in [1.165, 1.54) is 5.56 Å². The van der Waals surface area contributed by atoms with Gasteiger partial charge in [0.1, 0.15) is 0 Å². The first-order valence-electron chi connectivity index (χ1n) is 9.87. The third kappa shape index (κ3) is 3.02. The number of benzene rings is 2. The van der Waals surface area contributed by atoms with Crippen LogP contribution in [0.15, 0.2) is 64.0 Å². The van der Waals surface area contributed by atoms with Crippen molar-refractivity contribution in [3.8, 4) is 0 Å². The first-order chi connectivity index (χ1) is 13.5. The van der Waals surface area contributed by atoms with Crippen LogP contribution in [-0.4, -0.2) is 25.8 Å². The lowest BCUT2D eigenvalue weighted by molar-refractivity contribution is 0.424. The molecule has 0 bridgehead atoms. The molecule has 28 heavy (non-hydrogen) atoms. The van der Waals surface area contributed by atoms with E-state index in [4.69, 9.17) is 0 Å². The zero-order valence-corrected chi connectivity index (χ0v) is 17.9. The van der Waals surface area contributed by atoms with Crippen LogP contribution in [0.25, 0.3) is 0 Å². The predicted molar refractivity (Wildman–Crippen MR) is 115 cm³/mol. The van der Waals surface area contributed by atoms with Crippen LogP contribution in [0.3, 0.4) is 0 Å². The van der Waals surface area contributed by atoms with E-state index in [9.17, 15) is 8.42 Å². The van der Waals surface area contributed by atoms with Crippen LogP contribution in [0.5, 0.6) is 0 Å². The fourth-order valence-corrected chi connectivity index (χ4v) is 6.63. The molecule has 0 aromatic heterocycles. The van der Waals surface area contributed by atoms with Crippen molar-refractivity contribution in [1.82, 2.24) is 4.31 Å². The number of sulfonamides is 1. The van der Waals surface area contributed by atoms with Gasteiger partial charge in [-0.1, -0.05) is 40.2 Å². The Bertz CT molecular complexity index is 1030. The molecule has 2 heterocycles. The molecule has 2 aliphatic heterocycles. The van der Waals surface area contributed by atoms with Gasteiger partial charge in [-0.25, -0.2) is 8.42 Å². The highest BCUT2D eigenvalue weighted by Crippen LogP contribution is 2.50. The number of nitrogens with zero attached hydrogens (tertiary/aromatic N) is 1. The highest BCUT2D eigenvalue weighted by Gasteiger charge is 2.39. The summed E-state index contributed by atoms with van der Waals surface area (Å²) in [4.78, 5) is 0.427. The lowest BCUT2D eigenvalue weighted by atomic mass is 9.77. The minimum absolute atomic E-state index is 0.224. The molecule has 5 rings (SSSR count). The van der Waals surface area contributed by atoms with E-state index in [1.807, 2.05) is 12.1 Å². The van der Waals surface area contributed by atoms with Crippen molar-refractivity contribution in [2.45, 2.75) is 36.1 Å². The second-order valence-electron chi connectivity index (χ2n) is 7.89. The maximum absolute atomic E-state index is 13.0. The molecule has 0 spiro atoms. The molecular weight excluding hydrogens is 436 g/mol. The fourth-order valence-electron chi connectivity index (χ4n) is 4.81. The van der Waals surface area contributed by atoms with Crippen molar-refractivity contribution in [3.63, 3.8) is 0 Å². The van der Waals surface area contributed by atoms with E-state index in [0.717, 1.165) is 35.0 Å². The average Bonchev–Trinajstić information content (AvgIpc) is 3.40. The van der Waals surface area contributed by atoms with Gasteiger partial charge < -0.3 is 5.32 Å². The van der Waals surface area contributed by atoms with Crippen molar-refractivity contribution in [1.29, 1.82) is 0 Å². The number of halogens is 1. The second kappa shape index (κ2) is 7.01. The number of anilines is 1. The standard InChI is InChI=1S/C22H23BrN2O2S/c23-16-8-6-15(7-9-16)22-19-5-3-4-18(19)20-14-17(10-11-21(20)24-22)28(26,27)25-12-1-2-13-25/h3-4,6-11,14,18-19,22,24H,1-2,5,12-13H2/t18-,19+,22+/m1/s1. The van der Waals surface area contributed by atoms with Crippen molar-refractivity contribution >= 4 is 31.6 Å². The third-order valence-corrected chi connectivity index (χ3v) is 8.69. The molecule has 0 amide bonds. The van der Waals surface area contributed by atoms with Crippen LogP contribution in [0.4, 0.5) is 5.69 Å². The zero-order chi connectivity index (χ0) is 19.3. The lowest BCUT2D eigenvalue weighted by Gasteiger charge is -2.38. The van der Waals surface area contributed by atoms with Gasteiger partial charge in [0.25, 0.3) is 0 Å². The van der Waals surface area contributed by atoms with Gasteiger partial charge in [0.05, 0.1) is 10.9 Å². The Morgan fingerprint density at radius 2 is 1.79 bits per heavy atom. The summed E-state index contributed by atoms with van der Waals surface area (Å²) in [5.74, 6) is 0.650. The summed E-state index contributed by atoms with van der Waals surface area (Å²) < 4.78 is 28.7. The molecule has 3 aliphatic rings. The Morgan fingerprint density at radius 1 is 1.04 bits per heavy atom. The lowest BCUT2D eigenvalue weighted by Crippen LogP contribution is -2.30. The summed E-state index contributed by atoms with van der Waals surface area (Å²) in [6.45, 7) is 1.27. The minimum atomic E-state index is -3.40. The third-order valence-electron chi connectivity index (χ3n) is 6.27. The smallest absolute Gasteiger partial charge is 0.243 e. The van der Waals surface area contributed by atoms with Crippen LogP contribution in [0, 0.1) is 5.92 Å². The quantitative estimate of drug-likeness (QED) is 0.653. The number of rotatable bonds is 3. The molecule has 0 unspecified atom stereocenters. The van der Waals surface area contributed by atoms with Crippen LogP contribution in [-0.2, 0) is 10.0 Å². The molecule has 1 fully saturated rings. The van der Waals surface area contributed by atoms with Gasteiger partial charge >= 0.3 is 0 Å². The van der Waals surface area contributed by atoms with Crippen molar-refractivity contribution < 1.29 is 8.42 Å². The molecule has 0 saturated carbocycles. The van der Waals surface area contributed by atoms with Crippen LogP contribution < -0.4 is 5.32 Å². The van der Waals surface area contributed by atoms with Crippen molar-refractivity contribution in [2.24, 2.45) is 5.92 Å². The molecule has 1 aliphatic carbocycles. The largest absolute Gasteiger partial charge is 0.378 e. The second-order valence-corrected chi connectivity index (χ2v) is 10.7. The topological polar surface area (TPSA) is 49.4 Å². The number of nitrogens with one attached hydrogen (secondary N) is 1. The Kier molecular flexibility index (Phi) is 4.61. The highest BCUT2D eigenvalue weighted by atomic mass is 79.9. The summed E-state index contributed by atoms with van der Waals surface area (Å²) in [6.07, 6.45) is 7.39. The Balaban J connectivity index is 1.53. The van der Waals surface area contributed by atoms with E-state index in [1.54, 1.807) is 10.4 Å². The SMILES string of the molecule is O=S(=O)(c1ccc2c(c1)[C@@H]1C=CC[C@@H]1[C@H](c1ccc(Br)cc1)N2)N1CCCC1. The predicted octanol–water partition coefficient (Wildman–Crippen LogP) is 5.06. The molecule has 4 nitrogen and oxygen atoms in total. The average molecular weight is 459 g/mol. The van der Waals surface area contributed by atoms with Gasteiger partial charge in [0.2, 0.25) is 10.0 Å². The van der Waals surface area contributed by atoms with Crippen LogP contribution >= 0.6 is 15.9 Å². The van der Waals surface area contributed by atoms with E-state index < -0.39 is 10.0 Å². The van der Waals surface area contributed by atoms with Gasteiger partial charge in [-0.15, -0.1) is 0 Å². The monoisotopic (exact) mass is 458 g/mol. The molecule has 2 aromatic rings. The summed E-state index contributed by atoms with van der Waals surface area (Å²) >= 11 is 3.51. The highest BCUT2D eigenvalue weighted by molar-refractivity contribution is 9.10. The summed E-state index contributed by atoms with van der Waals surface area (Å²) in [5.41, 5.74) is 3.41. The van der Waals surface area contributed by atoms with E-state index >= 15 is 0 Å². The van der Waals surface area contributed by atoms with E-state index in [0.29, 0.717) is 23.9 Å². The van der Waals surface area contributed by atoms with Gasteiger partial charge in [-0.2, -0.15) is 4.31 Å². The first kappa shape index (κ1) is 18.4. The molecule has 3 atom stereocenters.